The minimum Gasteiger partial charge on any atom is -0.381 e. The van der Waals surface area contributed by atoms with Gasteiger partial charge in [0.15, 0.2) is 0 Å². The first kappa shape index (κ1) is 12.9. The van der Waals surface area contributed by atoms with Gasteiger partial charge in [-0.25, -0.2) is 0 Å². The minimum absolute atomic E-state index is 0.0313. The van der Waals surface area contributed by atoms with Crippen molar-refractivity contribution >= 4 is 38.7 Å². The molecule has 3 rings (SSSR count). The molecular formula is C13H13N3O3S. The average Bonchev–Trinajstić information content (AvgIpc) is 2.68. The fourth-order valence-corrected chi connectivity index (χ4v) is 3.31. The number of nitro benzene ring substituents is 1. The van der Waals surface area contributed by atoms with E-state index in [1.54, 1.807) is 6.07 Å². The number of non-ortho nitro benzene ring substituents is 1. The molecule has 2 aromatic rings. The summed E-state index contributed by atoms with van der Waals surface area (Å²) >= 11 is 1.35. The number of carbonyl (C=O) groups excluding carboxylic acids is 1. The quantitative estimate of drug-likeness (QED) is 0.625. The predicted molar refractivity (Wildman–Crippen MR) is 78.5 cm³/mol. The summed E-state index contributed by atoms with van der Waals surface area (Å²) in [5.41, 5.74) is 0.364. The molecule has 0 spiro atoms. The molecule has 0 unspecified atom stereocenters. The SMILES string of the molecule is CC1(C)CNc2c(sc3ccc([N+](=O)[O-])cc23)C(=O)N1. The molecule has 0 saturated heterocycles. The number of hydrogen-bond donors (Lipinski definition) is 2. The van der Waals surface area contributed by atoms with Crippen molar-refractivity contribution in [2.75, 3.05) is 11.9 Å². The summed E-state index contributed by atoms with van der Waals surface area (Å²) in [6.45, 7) is 4.43. The van der Waals surface area contributed by atoms with Crippen LogP contribution in [-0.4, -0.2) is 22.9 Å². The summed E-state index contributed by atoms with van der Waals surface area (Å²) in [4.78, 5) is 23.3. The van der Waals surface area contributed by atoms with Gasteiger partial charge in [-0.15, -0.1) is 11.3 Å². The lowest BCUT2D eigenvalue weighted by molar-refractivity contribution is -0.384. The van der Waals surface area contributed by atoms with Crippen LogP contribution in [-0.2, 0) is 0 Å². The Morgan fingerprint density at radius 2 is 2.15 bits per heavy atom. The van der Waals surface area contributed by atoms with Crippen LogP contribution in [0.2, 0.25) is 0 Å². The Morgan fingerprint density at radius 3 is 2.85 bits per heavy atom. The fraction of sp³-hybridized carbons (Fsp3) is 0.308. The summed E-state index contributed by atoms with van der Waals surface area (Å²) in [5.74, 6) is -0.140. The highest BCUT2D eigenvalue weighted by Crippen LogP contribution is 2.39. The third-order valence-corrected chi connectivity index (χ3v) is 4.42. The standard InChI is InChI=1S/C13H13N3O3S/c1-13(2)6-14-10-8-5-7(16(18)19)3-4-9(8)20-11(10)12(17)15-13/h3-5,14H,6H2,1-2H3,(H,15,17). The highest BCUT2D eigenvalue weighted by molar-refractivity contribution is 7.21. The minimum atomic E-state index is -0.426. The van der Waals surface area contributed by atoms with E-state index in [0.717, 1.165) is 10.1 Å². The van der Waals surface area contributed by atoms with Crippen molar-refractivity contribution in [1.29, 1.82) is 0 Å². The second-order valence-corrected chi connectivity index (χ2v) is 6.49. The molecule has 0 radical (unpaired) electrons. The van der Waals surface area contributed by atoms with Crippen LogP contribution in [0.5, 0.6) is 0 Å². The van der Waals surface area contributed by atoms with E-state index in [9.17, 15) is 14.9 Å². The van der Waals surface area contributed by atoms with Gasteiger partial charge in [0.05, 0.1) is 16.1 Å². The van der Waals surface area contributed by atoms with Gasteiger partial charge >= 0.3 is 0 Å². The number of fused-ring (bicyclic) bond motifs is 3. The van der Waals surface area contributed by atoms with E-state index in [2.05, 4.69) is 10.6 Å². The van der Waals surface area contributed by atoms with Gasteiger partial charge in [0.2, 0.25) is 0 Å². The predicted octanol–water partition coefficient (Wildman–Crippen LogP) is 2.74. The fourth-order valence-electron chi connectivity index (χ4n) is 2.25. The van der Waals surface area contributed by atoms with E-state index in [0.29, 0.717) is 17.1 Å². The van der Waals surface area contributed by atoms with E-state index in [-0.39, 0.29) is 17.1 Å². The van der Waals surface area contributed by atoms with Crippen LogP contribution in [0.1, 0.15) is 23.5 Å². The Balaban J connectivity index is 2.19. The van der Waals surface area contributed by atoms with Crippen molar-refractivity contribution < 1.29 is 9.72 Å². The van der Waals surface area contributed by atoms with Gasteiger partial charge in [-0.05, 0) is 19.9 Å². The molecule has 2 N–H and O–H groups in total. The van der Waals surface area contributed by atoms with Crippen LogP contribution in [0.25, 0.3) is 10.1 Å². The Labute approximate surface area is 118 Å². The number of carbonyl (C=O) groups is 1. The maximum absolute atomic E-state index is 12.2. The molecule has 0 fully saturated rings. The van der Waals surface area contributed by atoms with Crippen molar-refractivity contribution in [3.63, 3.8) is 0 Å². The number of amides is 1. The molecule has 1 aliphatic heterocycles. The van der Waals surface area contributed by atoms with Crippen LogP contribution in [0, 0.1) is 10.1 Å². The maximum Gasteiger partial charge on any atom is 0.270 e. The molecule has 104 valence electrons. The van der Waals surface area contributed by atoms with Crippen molar-refractivity contribution in [3.05, 3.63) is 33.2 Å². The summed E-state index contributed by atoms with van der Waals surface area (Å²) in [6, 6.07) is 4.66. The molecule has 20 heavy (non-hydrogen) atoms. The largest absolute Gasteiger partial charge is 0.381 e. The monoisotopic (exact) mass is 291 g/mol. The van der Waals surface area contributed by atoms with Crippen LogP contribution in [0.4, 0.5) is 11.4 Å². The number of anilines is 1. The zero-order chi connectivity index (χ0) is 14.5. The number of nitrogens with one attached hydrogen (secondary N) is 2. The third kappa shape index (κ3) is 2.00. The first-order chi connectivity index (χ1) is 9.37. The highest BCUT2D eigenvalue weighted by Gasteiger charge is 2.29. The molecule has 2 heterocycles. The lowest BCUT2D eigenvalue weighted by atomic mass is 10.1. The number of nitro groups is 1. The Morgan fingerprint density at radius 1 is 1.40 bits per heavy atom. The molecular weight excluding hydrogens is 278 g/mol. The molecule has 1 aromatic heterocycles. The molecule has 1 aromatic carbocycles. The second kappa shape index (κ2) is 4.17. The lowest BCUT2D eigenvalue weighted by Crippen LogP contribution is -2.46. The molecule has 0 atom stereocenters. The number of hydrogen-bond acceptors (Lipinski definition) is 5. The zero-order valence-electron chi connectivity index (χ0n) is 11.0. The summed E-state index contributed by atoms with van der Waals surface area (Å²) < 4.78 is 0.864. The van der Waals surface area contributed by atoms with Crippen LogP contribution in [0.3, 0.4) is 0 Å². The topological polar surface area (TPSA) is 84.3 Å². The molecule has 1 amide bonds. The Bertz CT molecular complexity index is 736. The number of nitrogens with zero attached hydrogens (tertiary/aromatic N) is 1. The van der Waals surface area contributed by atoms with Gasteiger partial charge in [-0.3, -0.25) is 14.9 Å². The lowest BCUT2D eigenvalue weighted by Gasteiger charge is -2.23. The number of thiophene rings is 1. The van der Waals surface area contributed by atoms with Crippen molar-refractivity contribution in [1.82, 2.24) is 5.32 Å². The molecule has 0 bridgehead atoms. The van der Waals surface area contributed by atoms with Crippen molar-refractivity contribution in [2.24, 2.45) is 0 Å². The van der Waals surface area contributed by atoms with Crippen molar-refractivity contribution in [2.45, 2.75) is 19.4 Å². The van der Waals surface area contributed by atoms with E-state index in [1.165, 1.54) is 23.5 Å². The maximum atomic E-state index is 12.2. The van der Waals surface area contributed by atoms with Gasteiger partial charge in [0, 0.05) is 28.8 Å². The van der Waals surface area contributed by atoms with Gasteiger partial charge in [0.1, 0.15) is 4.88 Å². The Kier molecular flexibility index (Phi) is 2.68. The zero-order valence-corrected chi connectivity index (χ0v) is 11.8. The molecule has 0 saturated carbocycles. The van der Waals surface area contributed by atoms with Crippen LogP contribution in [0.15, 0.2) is 18.2 Å². The van der Waals surface area contributed by atoms with Crippen LogP contribution < -0.4 is 10.6 Å². The average molecular weight is 291 g/mol. The Hall–Kier alpha value is -2.15. The first-order valence-corrected chi connectivity index (χ1v) is 6.96. The van der Waals surface area contributed by atoms with Gasteiger partial charge in [-0.1, -0.05) is 0 Å². The first-order valence-electron chi connectivity index (χ1n) is 6.15. The normalized spacial score (nSPS) is 17.0. The van der Waals surface area contributed by atoms with E-state index >= 15 is 0 Å². The summed E-state index contributed by atoms with van der Waals surface area (Å²) in [6.07, 6.45) is 0. The molecule has 7 heteroatoms. The van der Waals surface area contributed by atoms with E-state index < -0.39 is 4.92 Å². The van der Waals surface area contributed by atoms with Gasteiger partial charge < -0.3 is 10.6 Å². The second-order valence-electron chi connectivity index (χ2n) is 5.44. The van der Waals surface area contributed by atoms with Crippen LogP contribution >= 0.6 is 11.3 Å². The van der Waals surface area contributed by atoms with E-state index in [4.69, 9.17) is 0 Å². The van der Waals surface area contributed by atoms with E-state index in [1.807, 2.05) is 13.8 Å². The highest BCUT2D eigenvalue weighted by atomic mass is 32.1. The van der Waals surface area contributed by atoms with Gasteiger partial charge in [-0.2, -0.15) is 0 Å². The molecule has 1 aliphatic rings. The molecule has 0 aliphatic carbocycles. The van der Waals surface area contributed by atoms with Gasteiger partial charge in [0.25, 0.3) is 11.6 Å². The smallest absolute Gasteiger partial charge is 0.270 e. The van der Waals surface area contributed by atoms with Crippen molar-refractivity contribution in [3.8, 4) is 0 Å². The third-order valence-electron chi connectivity index (χ3n) is 3.25. The summed E-state index contributed by atoms with van der Waals surface area (Å²) in [5, 5.41) is 17.8. The number of benzene rings is 1. The molecule has 6 nitrogen and oxygen atoms in total. The number of rotatable bonds is 1. The summed E-state index contributed by atoms with van der Waals surface area (Å²) in [7, 11) is 0.